The third-order valence-electron chi connectivity index (χ3n) is 2.34. The summed E-state index contributed by atoms with van der Waals surface area (Å²) in [6.07, 6.45) is 0.642. The van der Waals surface area contributed by atoms with Gasteiger partial charge in [0.1, 0.15) is 12.1 Å². The van der Waals surface area contributed by atoms with E-state index >= 15 is 0 Å². The minimum atomic E-state index is -0.361. The molecule has 3 heteroatoms. The highest BCUT2D eigenvalue weighted by Gasteiger charge is 2.05. The Balaban J connectivity index is 2.24. The second-order valence-electron chi connectivity index (χ2n) is 3.72. The summed E-state index contributed by atoms with van der Waals surface area (Å²) < 4.78 is 13.6. The highest BCUT2D eigenvalue weighted by atomic mass is 32.2. The molecule has 0 bridgehead atoms. The van der Waals surface area contributed by atoms with Gasteiger partial charge in [-0.1, -0.05) is 35.5 Å². The predicted octanol–water partition coefficient (Wildman–Crippen LogP) is 4.10. The maximum Gasteiger partial charge on any atom is 0.150 e. The van der Waals surface area contributed by atoms with E-state index in [4.69, 9.17) is 0 Å². The molecule has 2 aromatic carbocycles. The van der Waals surface area contributed by atoms with Crippen molar-refractivity contribution in [2.45, 2.75) is 16.7 Å². The van der Waals surface area contributed by atoms with E-state index in [1.54, 1.807) is 12.1 Å². The molecule has 0 aliphatic carbocycles. The summed E-state index contributed by atoms with van der Waals surface area (Å²) in [4.78, 5) is 12.0. The Morgan fingerprint density at radius 1 is 1.12 bits per heavy atom. The van der Waals surface area contributed by atoms with Crippen LogP contribution in [0, 0.1) is 12.7 Å². The summed E-state index contributed by atoms with van der Waals surface area (Å²) in [5.41, 5.74) is 1.53. The topological polar surface area (TPSA) is 17.1 Å². The lowest BCUT2D eigenvalue weighted by Gasteiger charge is -2.04. The van der Waals surface area contributed by atoms with Gasteiger partial charge in [-0.3, -0.25) is 4.79 Å². The van der Waals surface area contributed by atoms with Crippen molar-refractivity contribution in [3.8, 4) is 0 Å². The van der Waals surface area contributed by atoms with Crippen LogP contribution in [0.3, 0.4) is 0 Å². The van der Waals surface area contributed by atoms with Crippen LogP contribution in [0.2, 0.25) is 0 Å². The second kappa shape index (κ2) is 5.15. The van der Waals surface area contributed by atoms with Crippen LogP contribution in [0.15, 0.2) is 52.3 Å². The van der Waals surface area contributed by atoms with Gasteiger partial charge in [-0.15, -0.1) is 0 Å². The average molecular weight is 246 g/mol. The molecule has 0 unspecified atom stereocenters. The van der Waals surface area contributed by atoms with Crippen LogP contribution in [0.1, 0.15) is 15.9 Å². The van der Waals surface area contributed by atoms with Gasteiger partial charge in [-0.25, -0.2) is 4.39 Å². The van der Waals surface area contributed by atoms with E-state index in [2.05, 4.69) is 0 Å². The number of hydrogen-bond donors (Lipinski definition) is 0. The molecule has 0 amide bonds. The van der Waals surface area contributed by atoms with Crippen LogP contribution in [0.25, 0.3) is 0 Å². The van der Waals surface area contributed by atoms with E-state index in [1.807, 2.05) is 31.2 Å². The van der Waals surface area contributed by atoms with Crippen molar-refractivity contribution < 1.29 is 9.18 Å². The molecule has 0 aromatic heterocycles. The van der Waals surface area contributed by atoms with Gasteiger partial charge in [0.15, 0.2) is 0 Å². The van der Waals surface area contributed by atoms with Crippen molar-refractivity contribution in [2.24, 2.45) is 0 Å². The highest BCUT2D eigenvalue weighted by Crippen LogP contribution is 2.30. The summed E-state index contributed by atoms with van der Waals surface area (Å²) in [5, 5.41) is 0. The van der Waals surface area contributed by atoms with Crippen molar-refractivity contribution in [2.75, 3.05) is 0 Å². The van der Waals surface area contributed by atoms with Gasteiger partial charge in [0.25, 0.3) is 0 Å². The smallest absolute Gasteiger partial charge is 0.150 e. The van der Waals surface area contributed by atoms with Gasteiger partial charge in [0.05, 0.1) is 0 Å². The molecule has 0 aliphatic rings. The Morgan fingerprint density at radius 2 is 1.82 bits per heavy atom. The molecule has 0 radical (unpaired) electrons. The zero-order chi connectivity index (χ0) is 12.3. The fourth-order valence-electron chi connectivity index (χ4n) is 1.41. The number of carbonyl (C=O) groups is 1. The molecule has 0 saturated carbocycles. The highest BCUT2D eigenvalue weighted by molar-refractivity contribution is 7.99. The molecular formula is C14H11FOS. The number of hydrogen-bond acceptors (Lipinski definition) is 2. The second-order valence-corrected chi connectivity index (χ2v) is 4.84. The molecule has 2 aromatic rings. The van der Waals surface area contributed by atoms with E-state index in [-0.39, 0.29) is 5.82 Å². The van der Waals surface area contributed by atoms with Crippen LogP contribution in [0.4, 0.5) is 4.39 Å². The first-order chi connectivity index (χ1) is 8.19. The lowest BCUT2D eigenvalue weighted by atomic mass is 10.2. The normalized spacial score (nSPS) is 10.2. The maximum absolute atomic E-state index is 13.6. The fourth-order valence-corrected chi connectivity index (χ4v) is 2.23. The molecule has 0 aliphatic heterocycles. The van der Waals surface area contributed by atoms with Crippen molar-refractivity contribution in [3.63, 3.8) is 0 Å². The van der Waals surface area contributed by atoms with Crippen molar-refractivity contribution >= 4 is 18.0 Å². The summed E-state index contributed by atoms with van der Waals surface area (Å²) in [7, 11) is 0. The molecule has 2 rings (SSSR count). The first kappa shape index (κ1) is 11.9. The molecular weight excluding hydrogens is 235 g/mol. The molecule has 0 heterocycles. The molecule has 0 spiro atoms. The van der Waals surface area contributed by atoms with Crippen LogP contribution < -0.4 is 0 Å². The van der Waals surface area contributed by atoms with Gasteiger partial charge < -0.3 is 0 Å². The molecule has 17 heavy (non-hydrogen) atoms. The van der Waals surface area contributed by atoms with Gasteiger partial charge in [-0.2, -0.15) is 0 Å². The first-order valence-corrected chi connectivity index (χ1v) is 6.00. The lowest BCUT2D eigenvalue weighted by Crippen LogP contribution is -1.85. The van der Waals surface area contributed by atoms with Crippen LogP contribution in [-0.2, 0) is 0 Å². The summed E-state index contributed by atoms with van der Waals surface area (Å²) in [6, 6.07) is 12.4. The Labute approximate surface area is 104 Å². The monoisotopic (exact) mass is 246 g/mol. The Morgan fingerprint density at radius 3 is 2.41 bits per heavy atom. The third-order valence-corrected chi connectivity index (χ3v) is 3.40. The number of rotatable bonds is 3. The van der Waals surface area contributed by atoms with Crippen LogP contribution >= 0.6 is 11.8 Å². The third kappa shape index (κ3) is 2.94. The standard InChI is InChI=1S/C14H11FOS/c1-10-2-5-12(6-3-10)17-14-7-4-11(9-16)8-13(14)15/h2-9H,1H3. The summed E-state index contributed by atoms with van der Waals surface area (Å²) in [5.74, 6) is -0.361. The Bertz CT molecular complexity index is 534. The lowest BCUT2D eigenvalue weighted by molar-refractivity contribution is 0.112. The SMILES string of the molecule is Cc1ccc(Sc2ccc(C=O)cc2F)cc1. The molecule has 0 fully saturated rings. The maximum atomic E-state index is 13.6. The minimum absolute atomic E-state index is 0.357. The molecule has 86 valence electrons. The van der Waals surface area contributed by atoms with Gasteiger partial charge in [0, 0.05) is 15.4 Å². The van der Waals surface area contributed by atoms with Crippen LogP contribution in [0.5, 0.6) is 0 Å². The number of aldehydes is 1. The number of benzene rings is 2. The summed E-state index contributed by atoms with van der Waals surface area (Å²) in [6.45, 7) is 2.01. The number of halogens is 1. The Hall–Kier alpha value is -1.61. The average Bonchev–Trinajstić information content (AvgIpc) is 2.34. The fraction of sp³-hybridized carbons (Fsp3) is 0.0714. The van der Waals surface area contributed by atoms with Crippen molar-refractivity contribution in [1.29, 1.82) is 0 Å². The van der Waals surface area contributed by atoms with Crippen LogP contribution in [-0.4, -0.2) is 6.29 Å². The largest absolute Gasteiger partial charge is 0.298 e. The van der Waals surface area contributed by atoms with E-state index in [0.717, 1.165) is 4.90 Å². The van der Waals surface area contributed by atoms with Crippen molar-refractivity contribution in [3.05, 3.63) is 59.4 Å². The van der Waals surface area contributed by atoms with Crippen molar-refractivity contribution in [1.82, 2.24) is 0 Å². The number of carbonyl (C=O) groups excluding carboxylic acids is 1. The Kier molecular flexibility index (Phi) is 3.59. The number of aryl methyl sites for hydroxylation is 1. The zero-order valence-electron chi connectivity index (χ0n) is 9.31. The molecule has 1 nitrogen and oxygen atoms in total. The quantitative estimate of drug-likeness (QED) is 0.758. The minimum Gasteiger partial charge on any atom is -0.298 e. The van der Waals surface area contributed by atoms with Gasteiger partial charge >= 0.3 is 0 Å². The van der Waals surface area contributed by atoms with E-state index in [0.29, 0.717) is 16.7 Å². The van der Waals surface area contributed by atoms with E-state index < -0.39 is 0 Å². The predicted molar refractivity (Wildman–Crippen MR) is 67.1 cm³/mol. The molecule has 0 atom stereocenters. The van der Waals surface area contributed by atoms with E-state index in [1.165, 1.54) is 23.4 Å². The summed E-state index contributed by atoms with van der Waals surface area (Å²) >= 11 is 1.35. The molecule has 0 saturated heterocycles. The van der Waals surface area contributed by atoms with Gasteiger partial charge in [0.2, 0.25) is 0 Å². The first-order valence-electron chi connectivity index (χ1n) is 5.18. The van der Waals surface area contributed by atoms with E-state index in [9.17, 15) is 9.18 Å². The molecule has 0 N–H and O–H groups in total. The van der Waals surface area contributed by atoms with Gasteiger partial charge in [-0.05, 0) is 31.2 Å². The zero-order valence-corrected chi connectivity index (χ0v) is 10.1.